The fourth-order valence-corrected chi connectivity index (χ4v) is 19.1. The molecule has 9 rings (SSSR count). The largest absolute Gasteiger partial charge is 0.0622 e. The van der Waals surface area contributed by atoms with Crippen LogP contribution in [0.4, 0.5) is 17.3 Å². The second kappa shape index (κ2) is 31.6. The van der Waals surface area contributed by atoms with E-state index in [2.05, 4.69) is 259 Å². The van der Waals surface area contributed by atoms with Crippen molar-refractivity contribution in [3.05, 3.63) is 279 Å². The Morgan fingerprint density at radius 2 is 0.451 bits per heavy atom. The molecule has 11 heteroatoms. The minimum atomic E-state index is -6.00. The van der Waals surface area contributed by atoms with E-state index in [-0.39, 0.29) is 47.7 Å². The van der Waals surface area contributed by atoms with Crippen molar-refractivity contribution < 1.29 is 33.3 Å². The normalized spacial score (nSPS) is 10.8. The minimum absolute atomic E-state index is 0.296. The Balaban J connectivity index is 0.000000181. The smallest absolute Gasteiger partial charge is 0.0195 e. The molecule has 0 unspecified atom stereocenters. The van der Waals surface area contributed by atoms with E-state index in [0.717, 1.165) is 6.42 Å². The number of hydrogen-bond acceptors (Lipinski definition) is 0. The molecule has 0 N–H and O–H groups in total. The Kier molecular flexibility index (Phi) is 24.7. The summed E-state index contributed by atoms with van der Waals surface area (Å²) in [6, 6.07) is 98.7. The quantitative estimate of drug-likeness (QED) is 0.0545. The van der Waals surface area contributed by atoms with E-state index >= 15 is 0 Å². The van der Waals surface area contributed by atoms with Crippen molar-refractivity contribution in [3.63, 3.8) is 0 Å². The van der Waals surface area contributed by atoms with Crippen LogP contribution in [0.3, 0.4) is 0 Å². The molecule has 0 aromatic heterocycles. The predicted molar refractivity (Wildman–Crippen MR) is 306 cm³/mol. The molecule has 0 spiro atoms. The Labute approximate surface area is 435 Å². The predicted octanol–water partition coefficient (Wildman–Crippen LogP) is 14.2. The molecule has 0 atom stereocenters. The first-order chi connectivity index (χ1) is 34.8. The van der Waals surface area contributed by atoms with Crippen LogP contribution in [0.2, 0.25) is 0 Å². The van der Waals surface area contributed by atoms with Gasteiger partial charge >= 0.3 is 79.5 Å². The third-order valence-electron chi connectivity index (χ3n) is 10.8. The van der Waals surface area contributed by atoms with E-state index in [1.54, 1.807) is 0 Å². The van der Waals surface area contributed by atoms with Gasteiger partial charge in [-0.3, -0.25) is 0 Å². The summed E-state index contributed by atoms with van der Waals surface area (Å²) in [5.41, 5.74) is 1.29. The van der Waals surface area contributed by atoms with E-state index < -0.39 is 7.25 Å². The fourth-order valence-electron chi connectivity index (χ4n) is 7.59. The summed E-state index contributed by atoms with van der Waals surface area (Å²) in [7, 11) is -1.84. The maximum atomic E-state index is 9.75. The second-order valence-electron chi connectivity index (χ2n) is 15.7. The molecule has 71 heavy (non-hydrogen) atoms. The molecular formula is C60H55BClF4P4Tc. The average molecular weight is 1120 g/mol. The van der Waals surface area contributed by atoms with E-state index in [4.69, 9.17) is 9.58 Å². The molecule has 0 amide bonds. The van der Waals surface area contributed by atoms with Gasteiger partial charge in [0.2, 0.25) is 0 Å². The summed E-state index contributed by atoms with van der Waals surface area (Å²) < 4.78 is 42.1. The van der Waals surface area contributed by atoms with Crippen molar-refractivity contribution in [2.45, 2.75) is 6.42 Å². The number of rotatable bonds is 15. The average Bonchev–Trinajstić information content (AvgIpc) is 3.43. The molecular weight excluding hydrogens is 1060 g/mol. The molecule has 9 aromatic rings. The Morgan fingerprint density at radius 1 is 0.296 bits per heavy atom. The van der Waals surface area contributed by atoms with Crippen LogP contribution in [0.1, 0.15) is 5.56 Å². The van der Waals surface area contributed by atoms with Crippen LogP contribution in [0, 0.1) is 4.33 Å². The topological polar surface area (TPSA) is 0 Å². The summed E-state index contributed by atoms with van der Waals surface area (Å²) in [4.78, 5) is 0. The van der Waals surface area contributed by atoms with Crippen LogP contribution in [0.25, 0.3) is 0 Å². The molecule has 0 nitrogen and oxygen atoms in total. The third-order valence-corrected chi connectivity index (χ3v) is 22.7. The van der Waals surface area contributed by atoms with Gasteiger partial charge in [-0.25, -0.2) is 0 Å². The molecule has 0 saturated heterocycles. The molecule has 0 aliphatic heterocycles. The van der Waals surface area contributed by atoms with Crippen molar-refractivity contribution in [2.24, 2.45) is 0 Å². The fraction of sp³-hybridized carbons (Fsp3) is 0.0833. The Morgan fingerprint density at radius 3 is 0.606 bits per heavy atom. The van der Waals surface area contributed by atoms with Crippen molar-refractivity contribution in [2.75, 3.05) is 24.6 Å². The molecule has 0 radical (unpaired) electrons. The van der Waals surface area contributed by atoms with E-state index in [9.17, 15) is 17.3 Å². The van der Waals surface area contributed by atoms with Crippen molar-refractivity contribution >= 4 is 91.0 Å². The number of benzene rings is 9. The standard InChI is InChI=1S/2C26H24P2.C8H7.BF4.ClH.Tc/c2*1-5-13-23(14-6-1)27(24-15-7-2-8-16-24)21-22-28(25-17-9-3-10-18-25)26-19-11-4-12-20-26;1-2-8-6-4-3-5-7-8;2-1(3,4)5;;/h2*1-20H,21-22H2;3-7H,2H2;;1H;/q;;;-1;;+2/p-1. The molecule has 360 valence electrons. The summed E-state index contributed by atoms with van der Waals surface area (Å²) in [5.74, 6) is 0. The minimum Gasteiger partial charge on any atom is -0.0622 e. The zero-order chi connectivity index (χ0) is 49.8. The van der Waals surface area contributed by atoms with Crippen LogP contribution in [0.5, 0.6) is 0 Å². The van der Waals surface area contributed by atoms with E-state index in [0.29, 0.717) is 0 Å². The Bertz CT molecular complexity index is 2360. The van der Waals surface area contributed by atoms with Gasteiger partial charge in [0.25, 0.3) is 0 Å². The van der Waals surface area contributed by atoms with Gasteiger partial charge in [-0.2, -0.15) is 0 Å². The molecule has 0 saturated carbocycles. The van der Waals surface area contributed by atoms with Gasteiger partial charge in [0.05, 0.1) is 0 Å². The van der Waals surface area contributed by atoms with Gasteiger partial charge in [-0.15, -0.1) is 0 Å². The summed E-state index contributed by atoms with van der Waals surface area (Å²) in [5, 5.41) is 11.8. The first-order valence-electron chi connectivity index (χ1n) is 23.2. The van der Waals surface area contributed by atoms with Crippen LogP contribution in [-0.4, -0.2) is 31.9 Å². The van der Waals surface area contributed by atoms with Crippen LogP contribution in [0.15, 0.2) is 273 Å². The van der Waals surface area contributed by atoms with Gasteiger partial charge < -0.3 is 17.3 Å². The van der Waals surface area contributed by atoms with Gasteiger partial charge in [0.15, 0.2) is 0 Å². The summed E-state index contributed by atoms with van der Waals surface area (Å²) in [6.45, 7) is 0. The van der Waals surface area contributed by atoms with Crippen molar-refractivity contribution in [3.8, 4) is 4.33 Å². The zero-order valence-corrected chi connectivity index (χ0v) is 45.3. The molecule has 0 aliphatic rings. The molecule has 0 fully saturated rings. The number of hydrogen-bond donors (Lipinski definition) is 0. The summed E-state index contributed by atoms with van der Waals surface area (Å²) >= 11 is -0.296. The maximum Gasteiger partial charge on any atom is -0.0195 e. The molecule has 0 heterocycles. The monoisotopic (exact) mass is 1120 g/mol. The molecule has 9 aromatic carbocycles. The van der Waals surface area contributed by atoms with Gasteiger partial charge in [0.1, 0.15) is 0 Å². The van der Waals surface area contributed by atoms with Gasteiger partial charge in [0, 0.05) is 0 Å². The first kappa shape index (κ1) is 55.5. The zero-order valence-electron chi connectivity index (χ0n) is 39.2. The second-order valence-corrected chi connectivity index (χ2v) is 26.9. The van der Waals surface area contributed by atoms with E-state index in [1.165, 1.54) is 72.6 Å². The van der Waals surface area contributed by atoms with Crippen molar-refractivity contribution in [1.29, 1.82) is 0 Å². The van der Waals surface area contributed by atoms with Crippen molar-refractivity contribution in [1.82, 2.24) is 0 Å². The SMILES string of the molecule is F[B-](F)(F)F.[Cl][Tc+]#[C]Cc1ccccc1.c1ccc(P(CCP(c2ccccc2)c2ccccc2)c2ccccc2)cc1.c1ccc(P(CCP(c2ccccc2)c2ccccc2)c2ccccc2)cc1. The molecule has 0 aliphatic carbocycles. The van der Waals surface area contributed by atoms with Crippen LogP contribution < -0.4 is 42.4 Å². The van der Waals surface area contributed by atoms with E-state index in [1.807, 2.05) is 18.2 Å². The maximum absolute atomic E-state index is 9.75. The first-order valence-corrected chi connectivity index (χ1v) is 32.6. The van der Waals surface area contributed by atoms with Crippen LogP contribution >= 0.6 is 41.3 Å². The van der Waals surface area contributed by atoms with Gasteiger partial charge in [-0.05, 0) is 98.8 Å². The molecule has 0 bridgehead atoms. The third kappa shape index (κ3) is 20.3. The Hall–Kier alpha value is -4.80. The van der Waals surface area contributed by atoms with Gasteiger partial charge in [-0.1, -0.05) is 243 Å². The summed E-state index contributed by atoms with van der Waals surface area (Å²) in [6.07, 6.45) is 5.73. The number of halogens is 5. The van der Waals surface area contributed by atoms with Crippen LogP contribution in [-0.2, 0) is 22.5 Å².